The van der Waals surface area contributed by atoms with Crippen LogP contribution < -0.4 is 0 Å². The molecule has 5 heterocycles. The first kappa shape index (κ1) is 18.3. The van der Waals surface area contributed by atoms with Crippen LogP contribution in [0.4, 0.5) is 0 Å². The summed E-state index contributed by atoms with van der Waals surface area (Å²) in [6, 6.07) is 4.41. The highest BCUT2D eigenvalue weighted by molar-refractivity contribution is 5.80. The Kier molecular flexibility index (Phi) is 5.08. The molecule has 3 aliphatic rings. The Morgan fingerprint density at radius 1 is 1.15 bits per heavy atom. The number of amides is 1. The molecule has 0 aromatic carbocycles. The molecule has 3 aliphatic heterocycles. The lowest BCUT2D eigenvalue weighted by molar-refractivity contribution is -0.140. The van der Waals surface area contributed by atoms with Crippen molar-refractivity contribution in [2.45, 2.75) is 65.6 Å². The average Bonchev–Trinajstić information content (AvgIpc) is 3.09. The number of hydrogen-bond acceptors (Lipinski definition) is 5. The maximum atomic E-state index is 13.1. The third-order valence-electron chi connectivity index (χ3n) is 5.97. The molecule has 6 nitrogen and oxygen atoms in total. The summed E-state index contributed by atoms with van der Waals surface area (Å²) in [6.45, 7) is 9.14. The highest BCUT2D eigenvalue weighted by Crippen LogP contribution is 2.32. The van der Waals surface area contributed by atoms with Crippen molar-refractivity contribution in [3.05, 3.63) is 40.7 Å². The highest BCUT2D eigenvalue weighted by Gasteiger charge is 2.41. The van der Waals surface area contributed by atoms with Gasteiger partial charge in [-0.1, -0.05) is 12.1 Å². The molecule has 3 fully saturated rings. The van der Waals surface area contributed by atoms with Crippen LogP contribution in [0.1, 0.15) is 54.7 Å². The van der Waals surface area contributed by atoms with E-state index >= 15 is 0 Å². The van der Waals surface area contributed by atoms with E-state index < -0.39 is 0 Å². The Bertz CT molecular complexity index is 790. The third kappa shape index (κ3) is 3.68. The quantitative estimate of drug-likeness (QED) is 0.778. The Hall–Kier alpha value is -2.08. The van der Waals surface area contributed by atoms with Crippen molar-refractivity contribution in [1.82, 2.24) is 15.0 Å². The van der Waals surface area contributed by atoms with Gasteiger partial charge in [-0.2, -0.15) is 0 Å². The molecule has 0 radical (unpaired) electrons. The summed E-state index contributed by atoms with van der Waals surface area (Å²) in [4.78, 5) is 17.5. The van der Waals surface area contributed by atoms with Crippen LogP contribution in [0.5, 0.6) is 0 Å². The molecule has 3 saturated heterocycles. The highest BCUT2D eigenvalue weighted by atomic mass is 16.5. The first-order valence-electron chi connectivity index (χ1n) is 10.1. The summed E-state index contributed by atoms with van der Waals surface area (Å²) in [5.41, 5.74) is 1.94. The molecule has 0 aliphatic carbocycles. The largest absolute Gasteiger partial charge is 0.465 e. The zero-order chi connectivity index (χ0) is 19.0. The topological polar surface area (TPSA) is 62.7 Å². The fourth-order valence-electron chi connectivity index (χ4n) is 4.47. The van der Waals surface area contributed by atoms with Gasteiger partial charge in [0, 0.05) is 31.1 Å². The number of piperidine rings is 1. The SMILES string of the molecule is CCCc1ccc(CN2C[C@H]3CC[C@@H](C2)N(Cc2c(C)noc2C)C3=O)o1. The van der Waals surface area contributed by atoms with E-state index in [9.17, 15) is 4.79 Å². The minimum Gasteiger partial charge on any atom is -0.465 e. The molecule has 1 amide bonds. The standard InChI is InChI=1S/C21H29N3O3/c1-4-5-18-8-9-19(26-18)12-23-10-16-6-7-17(11-23)24(21(16)25)13-20-14(2)22-27-15(20)3/h8-9,16-17H,4-7,10-13H2,1-3H3/t16-,17+/m1/s1. The Morgan fingerprint density at radius 3 is 2.70 bits per heavy atom. The van der Waals surface area contributed by atoms with Gasteiger partial charge in [-0.3, -0.25) is 9.69 Å². The predicted octanol–water partition coefficient (Wildman–Crippen LogP) is 3.46. The third-order valence-corrected chi connectivity index (χ3v) is 5.97. The number of nitrogens with zero attached hydrogens (tertiary/aromatic N) is 3. The number of fused-ring (bicyclic) bond motifs is 4. The van der Waals surface area contributed by atoms with Crippen LogP contribution in [0, 0.1) is 19.8 Å². The fraction of sp³-hybridized carbons (Fsp3) is 0.619. The number of hydrogen-bond donors (Lipinski definition) is 0. The summed E-state index contributed by atoms with van der Waals surface area (Å²) in [5.74, 6) is 3.23. The molecule has 2 aromatic rings. The van der Waals surface area contributed by atoms with Crippen LogP contribution in [-0.2, 0) is 24.3 Å². The number of aryl methyl sites for hydroxylation is 3. The molecule has 2 bridgehead atoms. The van der Waals surface area contributed by atoms with E-state index in [1.54, 1.807) is 0 Å². The molecule has 2 atom stereocenters. The summed E-state index contributed by atoms with van der Waals surface area (Å²) < 4.78 is 11.3. The smallest absolute Gasteiger partial charge is 0.227 e. The van der Waals surface area contributed by atoms with Gasteiger partial charge < -0.3 is 13.8 Å². The van der Waals surface area contributed by atoms with Gasteiger partial charge in [0.1, 0.15) is 17.3 Å². The van der Waals surface area contributed by atoms with Gasteiger partial charge in [0.05, 0.1) is 24.7 Å². The zero-order valence-corrected chi connectivity index (χ0v) is 16.5. The lowest BCUT2D eigenvalue weighted by Gasteiger charge is -2.36. The molecule has 146 valence electrons. The van der Waals surface area contributed by atoms with Crippen LogP contribution >= 0.6 is 0 Å². The minimum absolute atomic E-state index is 0.0781. The van der Waals surface area contributed by atoms with E-state index in [-0.39, 0.29) is 17.9 Å². The minimum atomic E-state index is 0.0781. The summed E-state index contributed by atoms with van der Waals surface area (Å²) in [5, 5.41) is 4.04. The number of furan rings is 1. The van der Waals surface area contributed by atoms with Gasteiger partial charge in [-0.25, -0.2) is 0 Å². The van der Waals surface area contributed by atoms with Crippen molar-refractivity contribution in [3.8, 4) is 0 Å². The van der Waals surface area contributed by atoms with Crippen molar-refractivity contribution in [2.24, 2.45) is 5.92 Å². The first-order valence-corrected chi connectivity index (χ1v) is 10.1. The molecule has 6 heteroatoms. The van der Waals surface area contributed by atoms with E-state index in [0.717, 1.165) is 73.9 Å². The fourth-order valence-corrected chi connectivity index (χ4v) is 4.47. The Morgan fingerprint density at radius 2 is 1.96 bits per heavy atom. The summed E-state index contributed by atoms with van der Waals surface area (Å²) in [6.07, 6.45) is 4.12. The van der Waals surface area contributed by atoms with Crippen LogP contribution in [0.2, 0.25) is 0 Å². The maximum absolute atomic E-state index is 13.1. The second kappa shape index (κ2) is 7.50. The molecule has 2 aromatic heterocycles. The van der Waals surface area contributed by atoms with Crippen molar-refractivity contribution in [3.63, 3.8) is 0 Å². The van der Waals surface area contributed by atoms with Gasteiger partial charge in [0.2, 0.25) is 5.91 Å². The van der Waals surface area contributed by atoms with Crippen LogP contribution in [-0.4, -0.2) is 40.0 Å². The second-order valence-electron chi connectivity index (χ2n) is 8.01. The van der Waals surface area contributed by atoms with Crippen LogP contribution in [0.25, 0.3) is 0 Å². The predicted molar refractivity (Wildman–Crippen MR) is 101 cm³/mol. The van der Waals surface area contributed by atoms with Gasteiger partial charge in [0.15, 0.2) is 0 Å². The van der Waals surface area contributed by atoms with Crippen molar-refractivity contribution in [1.29, 1.82) is 0 Å². The van der Waals surface area contributed by atoms with Crippen molar-refractivity contribution in [2.75, 3.05) is 13.1 Å². The Labute approximate surface area is 160 Å². The number of carbonyl (C=O) groups is 1. The van der Waals surface area contributed by atoms with Crippen LogP contribution in [0.3, 0.4) is 0 Å². The average molecular weight is 371 g/mol. The molecule has 27 heavy (non-hydrogen) atoms. The van der Waals surface area contributed by atoms with Crippen molar-refractivity contribution >= 4 is 5.91 Å². The van der Waals surface area contributed by atoms with E-state index in [4.69, 9.17) is 8.94 Å². The number of aromatic nitrogens is 1. The van der Waals surface area contributed by atoms with Crippen LogP contribution in [0.15, 0.2) is 21.1 Å². The zero-order valence-electron chi connectivity index (χ0n) is 16.5. The van der Waals surface area contributed by atoms with Gasteiger partial charge in [-0.05, 0) is 45.2 Å². The van der Waals surface area contributed by atoms with E-state index in [1.165, 1.54) is 0 Å². The molecule has 0 saturated carbocycles. The molecule has 0 spiro atoms. The Balaban J connectivity index is 1.48. The molecule has 0 N–H and O–H groups in total. The molecular formula is C21H29N3O3. The van der Waals surface area contributed by atoms with E-state index in [0.29, 0.717) is 6.54 Å². The molecule has 0 unspecified atom stereocenters. The monoisotopic (exact) mass is 371 g/mol. The van der Waals surface area contributed by atoms with Gasteiger partial charge in [0.25, 0.3) is 0 Å². The van der Waals surface area contributed by atoms with E-state index in [2.05, 4.69) is 34.0 Å². The molecular weight excluding hydrogens is 342 g/mol. The lowest BCUT2D eigenvalue weighted by Crippen LogP contribution is -2.47. The normalized spacial score (nSPS) is 23.2. The summed E-state index contributed by atoms with van der Waals surface area (Å²) >= 11 is 0. The lowest BCUT2D eigenvalue weighted by atomic mass is 9.93. The molecule has 5 rings (SSSR count). The number of rotatable bonds is 6. The van der Waals surface area contributed by atoms with Gasteiger partial charge in [-0.15, -0.1) is 0 Å². The van der Waals surface area contributed by atoms with E-state index in [1.807, 2.05) is 13.8 Å². The van der Waals surface area contributed by atoms with Gasteiger partial charge >= 0.3 is 0 Å². The first-order chi connectivity index (χ1) is 13.0. The maximum Gasteiger partial charge on any atom is 0.227 e. The second-order valence-corrected chi connectivity index (χ2v) is 8.01. The summed E-state index contributed by atoms with van der Waals surface area (Å²) in [7, 11) is 0. The number of carbonyl (C=O) groups excluding carboxylic acids is 1. The van der Waals surface area contributed by atoms with Crippen molar-refractivity contribution < 1.29 is 13.7 Å².